The maximum Gasteiger partial charge on any atom is 0.246 e. The summed E-state index contributed by atoms with van der Waals surface area (Å²) in [7, 11) is 1.60. The molecular formula is C38H48N4O5. The molecule has 2 bridgehead atoms. The minimum Gasteiger partial charge on any atom is -0.497 e. The summed E-state index contributed by atoms with van der Waals surface area (Å²) in [6.07, 6.45) is 12.7. The molecule has 2 N–H and O–H groups in total. The lowest BCUT2D eigenvalue weighted by molar-refractivity contribution is -0.141. The maximum absolute atomic E-state index is 14.4. The highest BCUT2D eigenvalue weighted by molar-refractivity contribution is 6.02. The van der Waals surface area contributed by atoms with Gasteiger partial charge < -0.3 is 29.9 Å². The Kier molecular flexibility index (Phi) is 9.37. The minimum atomic E-state index is -1.14. The second-order valence-corrected chi connectivity index (χ2v) is 14.1. The number of benzene rings is 2. The molecule has 1 spiro atoms. The fourth-order valence-electron chi connectivity index (χ4n) is 8.76. The van der Waals surface area contributed by atoms with E-state index in [-0.39, 0.29) is 23.8 Å². The molecule has 1 aliphatic carbocycles. The molecule has 0 unspecified atom stereocenters. The van der Waals surface area contributed by atoms with Crippen molar-refractivity contribution in [2.75, 3.05) is 38.6 Å². The Morgan fingerprint density at radius 3 is 2.40 bits per heavy atom. The molecule has 2 aromatic carbocycles. The molecule has 47 heavy (non-hydrogen) atoms. The number of likely N-dealkylation sites (tertiary alicyclic amines) is 2. The average molecular weight is 641 g/mol. The van der Waals surface area contributed by atoms with E-state index in [1.54, 1.807) is 36.3 Å². The molecule has 3 saturated heterocycles. The van der Waals surface area contributed by atoms with Crippen LogP contribution in [0.25, 0.3) is 0 Å². The van der Waals surface area contributed by atoms with E-state index >= 15 is 0 Å². The van der Waals surface area contributed by atoms with Crippen molar-refractivity contribution in [3.8, 4) is 5.75 Å². The molecule has 3 amide bonds. The van der Waals surface area contributed by atoms with Crippen LogP contribution in [0.3, 0.4) is 0 Å². The number of carbonyl (C=O) groups excluding carboxylic acids is 3. The number of carbonyl (C=O) groups is 3. The van der Waals surface area contributed by atoms with Gasteiger partial charge in [0.2, 0.25) is 17.7 Å². The second-order valence-electron chi connectivity index (χ2n) is 14.1. The van der Waals surface area contributed by atoms with Crippen LogP contribution in [0, 0.1) is 17.8 Å². The van der Waals surface area contributed by atoms with E-state index in [4.69, 9.17) is 9.47 Å². The highest BCUT2D eigenvalue weighted by atomic mass is 16.5. The number of ether oxygens (including phenoxy) is 2. The molecule has 4 fully saturated rings. The zero-order chi connectivity index (χ0) is 32.4. The van der Waals surface area contributed by atoms with Gasteiger partial charge in [-0.3, -0.25) is 14.4 Å². The van der Waals surface area contributed by atoms with Gasteiger partial charge in [0.15, 0.2) is 0 Å². The smallest absolute Gasteiger partial charge is 0.246 e. The predicted octanol–water partition coefficient (Wildman–Crippen LogP) is 4.58. The van der Waals surface area contributed by atoms with Crippen LogP contribution in [-0.2, 0) is 25.5 Å². The third-order valence-corrected chi connectivity index (χ3v) is 11.2. The van der Waals surface area contributed by atoms with E-state index in [0.717, 1.165) is 58.2 Å². The Morgan fingerprint density at radius 2 is 1.68 bits per heavy atom. The zero-order valence-corrected chi connectivity index (χ0v) is 27.4. The Morgan fingerprint density at radius 1 is 0.936 bits per heavy atom. The Labute approximate surface area is 278 Å². The number of nitrogens with zero attached hydrogens (tertiary/aromatic N) is 2. The molecular weight excluding hydrogens is 592 g/mol. The second kappa shape index (κ2) is 13.8. The van der Waals surface area contributed by atoms with Gasteiger partial charge in [-0.15, -0.1) is 0 Å². The van der Waals surface area contributed by atoms with E-state index in [1.165, 1.54) is 24.8 Å². The zero-order valence-electron chi connectivity index (χ0n) is 27.4. The Bertz CT molecular complexity index is 1450. The SMILES string of the molecule is COc1ccc(NC(=O)[C@H]2[C@H]3C=C[C@]4(O3)[C@H](C(=O)NC3CCCCC3)N(CCCN3CCC(Cc5ccccc5)CC3)C(=O)[C@@H]24)cc1. The van der Waals surface area contributed by atoms with E-state index in [0.29, 0.717) is 23.9 Å². The number of methoxy groups -OCH3 is 1. The molecule has 4 aliphatic heterocycles. The largest absolute Gasteiger partial charge is 0.497 e. The molecule has 5 aliphatic rings. The van der Waals surface area contributed by atoms with E-state index in [9.17, 15) is 14.4 Å². The van der Waals surface area contributed by atoms with E-state index in [2.05, 4.69) is 45.9 Å². The van der Waals surface area contributed by atoms with Crippen molar-refractivity contribution in [3.05, 3.63) is 72.3 Å². The highest BCUT2D eigenvalue weighted by Gasteiger charge is 2.72. The molecule has 2 aromatic rings. The monoisotopic (exact) mass is 640 g/mol. The van der Waals surface area contributed by atoms with Crippen LogP contribution < -0.4 is 15.4 Å². The van der Waals surface area contributed by atoms with Crippen molar-refractivity contribution in [2.24, 2.45) is 17.8 Å². The first-order valence-corrected chi connectivity index (χ1v) is 17.6. The van der Waals surface area contributed by atoms with E-state index < -0.39 is 29.6 Å². The van der Waals surface area contributed by atoms with Crippen molar-refractivity contribution in [1.82, 2.24) is 15.1 Å². The quantitative estimate of drug-likeness (QED) is 0.349. The van der Waals surface area contributed by atoms with Crippen molar-refractivity contribution in [2.45, 2.75) is 81.6 Å². The summed E-state index contributed by atoms with van der Waals surface area (Å²) < 4.78 is 11.8. The number of nitrogens with one attached hydrogen (secondary N) is 2. The number of rotatable bonds is 11. The summed E-state index contributed by atoms with van der Waals surface area (Å²) in [6, 6.07) is 17.2. The number of anilines is 1. The van der Waals surface area contributed by atoms with Gasteiger partial charge in [-0.05, 0) is 93.9 Å². The lowest BCUT2D eigenvalue weighted by atomic mass is 9.74. The third-order valence-electron chi connectivity index (χ3n) is 11.2. The number of fused-ring (bicyclic) bond motifs is 1. The van der Waals surface area contributed by atoms with Gasteiger partial charge in [-0.1, -0.05) is 61.7 Å². The highest BCUT2D eigenvalue weighted by Crippen LogP contribution is 2.55. The average Bonchev–Trinajstić information content (AvgIpc) is 3.74. The normalized spacial score (nSPS) is 29.2. The number of amides is 3. The van der Waals surface area contributed by atoms with Gasteiger partial charge in [0.25, 0.3) is 0 Å². The van der Waals surface area contributed by atoms with Gasteiger partial charge in [-0.25, -0.2) is 0 Å². The molecule has 250 valence electrons. The molecule has 1 saturated carbocycles. The fourth-order valence-corrected chi connectivity index (χ4v) is 8.76. The van der Waals surface area contributed by atoms with Crippen LogP contribution in [0.4, 0.5) is 5.69 Å². The van der Waals surface area contributed by atoms with Crippen molar-refractivity contribution >= 4 is 23.4 Å². The molecule has 7 rings (SSSR count). The van der Waals surface area contributed by atoms with Gasteiger partial charge in [0, 0.05) is 18.3 Å². The van der Waals surface area contributed by atoms with Gasteiger partial charge in [-0.2, -0.15) is 0 Å². The van der Waals surface area contributed by atoms with Gasteiger partial charge in [0.1, 0.15) is 17.4 Å². The first-order chi connectivity index (χ1) is 22.9. The maximum atomic E-state index is 14.4. The summed E-state index contributed by atoms with van der Waals surface area (Å²) in [6.45, 7) is 3.42. The summed E-state index contributed by atoms with van der Waals surface area (Å²) in [5.74, 6) is -0.650. The predicted molar refractivity (Wildman–Crippen MR) is 180 cm³/mol. The van der Waals surface area contributed by atoms with Crippen molar-refractivity contribution in [1.29, 1.82) is 0 Å². The van der Waals surface area contributed by atoms with Crippen LogP contribution in [0.2, 0.25) is 0 Å². The van der Waals surface area contributed by atoms with Crippen molar-refractivity contribution < 1.29 is 23.9 Å². The van der Waals surface area contributed by atoms with Crippen molar-refractivity contribution in [3.63, 3.8) is 0 Å². The van der Waals surface area contributed by atoms with Gasteiger partial charge >= 0.3 is 0 Å². The Hall–Kier alpha value is -3.69. The lowest BCUT2D eigenvalue weighted by Crippen LogP contribution is -2.56. The standard InChI is InChI=1S/C38H48N4O5/c1-46-30-15-13-29(14-16-30)39-35(43)32-31-17-20-38(47-31)33(32)37(45)42(34(38)36(44)40-28-11-6-3-7-12-28)22-8-21-41-23-18-27(19-24-41)25-26-9-4-2-5-10-26/h2,4-5,9-10,13-17,20,27-28,31-34H,3,6-8,11-12,18-19,21-25H2,1H3,(H,39,43)(H,40,44)/t31-,32+,33-,34+,38-/m1/s1. The van der Waals surface area contributed by atoms with Crippen LogP contribution in [-0.4, -0.2) is 84.6 Å². The Balaban J connectivity index is 1.03. The van der Waals surface area contributed by atoms with Crippen LogP contribution in [0.5, 0.6) is 5.75 Å². The molecule has 9 nitrogen and oxygen atoms in total. The molecule has 5 atom stereocenters. The molecule has 9 heteroatoms. The minimum absolute atomic E-state index is 0.109. The molecule has 0 radical (unpaired) electrons. The summed E-state index contributed by atoms with van der Waals surface area (Å²) in [5.41, 5.74) is 0.887. The number of hydrogen-bond donors (Lipinski definition) is 2. The topological polar surface area (TPSA) is 100 Å². The summed E-state index contributed by atoms with van der Waals surface area (Å²) in [4.78, 5) is 46.5. The number of piperidine rings is 1. The van der Waals surface area contributed by atoms with Gasteiger partial charge in [0.05, 0.1) is 25.0 Å². The third kappa shape index (κ3) is 6.44. The van der Waals surface area contributed by atoms with Crippen LogP contribution >= 0.6 is 0 Å². The first kappa shape index (κ1) is 31.9. The van der Waals surface area contributed by atoms with Crippen LogP contribution in [0.1, 0.15) is 56.9 Å². The lowest BCUT2D eigenvalue weighted by Gasteiger charge is -2.35. The van der Waals surface area contributed by atoms with E-state index in [1.807, 2.05) is 12.2 Å². The first-order valence-electron chi connectivity index (χ1n) is 17.6. The number of hydrogen-bond acceptors (Lipinski definition) is 6. The summed E-state index contributed by atoms with van der Waals surface area (Å²) >= 11 is 0. The summed E-state index contributed by atoms with van der Waals surface area (Å²) in [5, 5.41) is 6.28. The molecule has 4 heterocycles. The van der Waals surface area contributed by atoms with Crippen LogP contribution in [0.15, 0.2) is 66.7 Å². The fraction of sp³-hybridized carbons (Fsp3) is 0.553. The molecule has 0 aromatic heterocycles.